The molecule has 0 atom stereocenters. The molecule has 0 saturated heterocycles. The number of aromatic nitrogens is 2. The van der Waals surface area contributed by atoms with Gasteiger partial charge in [0.2, 0.25) is 0 Å². The van der Waals surface area contributed by atoms with Gasteiger partial charge in [0.05, 0.1) is 5.69 Å². The van der Waals surface area contributed by atoms with Crippen LogP contribution >= 0.6 is 0 Å². The molecule has 7 heteroatoms. The van der Waals surface area contributed by atoms with E-state index >= 15 is 0 Å². The number of aryl methyl sites for hydroxylation is 2. The molecular weight excluding hydrogens is 397 g/mol. The zero-order valence-electron chi connectivity index (χ0n) is 17.6. The fourth-order valence-corrected chi connectivity index (χ4v) is 3.97. The Morgan fingerprint density at radius 3 is 2.68 bits per heavy atom. The number of nitrogens with one attached hydrogen (secondary N) is 1. The first-order valence-corrected chi connectivity index (χ1v) is 10.4. The molecule has 1 aliphatic rings. The van der Waals surface area contributed by atoms with E-state index in [0.717, 1.165) is 53.8 Å². The van der Waals surface area contributed by atoms with Gasteiger partial charge in [-0.1, -0.05) is 25.1 Å². The first kappa shape index (κ1) is 20.8. The number of nitrogens with zero attached hydrogens (tertiary/aromatic N) is 2. The quantitative estimate of drug-likeness (QED) is 0.607. The lowest BCUT2D eigenvalue weighted by atomic mass is 10.1. The van der Waals surface area contributed by atoms with Crippen LogP contribution in [-0.2, 0) is 28.8 Å². The molecule has 160 valence electrons. The summed E-state index contributed by atoms with van der Waals surface area (Å²) in [5.74, 6) is -1.36. The van der Waals surface area contributed by atoms with Crippen LogP contribution in [0.2, 0.25) is 0 Å². The van der Waals surface area contributed by atoms with Gasteiger partial charge in [-0.15, -0.1) is 0 Å². The number of hydrogen-bond donors (Lipinski definition) is 1. The molecule has 3 aromatic rings. The molecule has 1 aromatic heterocycles. The minimum absolute atomic E-state index is 0.217. The molecule has 1 N–H and O–H groups in total. The fourth-order valence-electron chi connectivity index (χ4n) is 3.97. The van der Waals surface area contributed by atoms with Gasteiger partial charge in [0.25, 0.3) is 5.91 Å². The molecule has 0 spiro atoms. The third-order valence-electron chi connectivity index (χ3n) is 5.53. The van der Waals surface area contributed by atoms with E-state index in [1.54, 1.807) is 16.8 Å². The Labute approximate surface area is 180 Å². The van der Waals surface area contributed by atoms with Gasteiger partial charge < -0.3 is 10.1 Å². The van der Waals surface area contributed by atoms with E-state index in [0.29, 0.717) is 5.69 Å². The number of esters is 1. The summed E-state index contributed by atoms with van der Waals surface area (Å²) in [6.07, 6.45) is 3.18. The van der Waals surface area contributed by atoms with Crippen LogP contribution in [0.3, 0.4) is 0 Å². The van der Waals surface area contributed by atoms with Gasteiger partial charge in [0, 0.05) is 16.9 Å². The Morgan fingerprint density at radius 2 is 1.94 bits per heavy atom. The van der Waals surface area contributed by atoms with Crippen molar-refractivity contribution >= 4 is 17.6 Å². The maximum absolute atomic E-state index is 13.3. The van der Waals surface area contributed by atoms with E-state index in [-0.39, 0.29) is 11.5 Å². The summed E-state index contributed by atoms with van der Waals surface area (Å²) >= 11 is 0. The molecule has 0 bridgehead atoms. The molecule has 31 heavy (non-hydrogen) atoms. The molecule has 0 saturated carbocycles. The smallest absolute Gasteiger partial charge is 0.359 e. The summed E-state index contributed by atoms with van der Waals surface area (Å²) < 4.78 is 20.2. The van der Waals surface area contributed by atoms with Gasteiger partial charge in [-0.2, -0.15) is 5.10 Å². The average molecular weight is 421 g/mol. The zero-order chi connectivity index (χ0) is 22.0. The van der Waals surface area contributed by atoms with E-state index in [2.05, 4.69) is 10.4 Å². The minimum atomic E-state index is -0.630. The topological polar surface area (TPSA) is 73.2 Å². The lowest BCUT2D eigenvalue weighted by Gasteiger charge is -2.13. The number of carbonyl (C=O) groups excluding carboxylic acids is 2. The number of ether oxygens (including phenoxy) is 1. The van der Waals surface area contributed by atoms with Crippen molar-refractivity contribution in [3.05, 3.63) is 76.4 Å². The SMILES string of the molecule is CCc1cccc(C)c1NC(=O)COC(=O)c1nn(-c2ccc(F)cc2)c2c1CCC2. The Bertz CT molecular complexity index is 1140. The lowest BCUT2D eigenvalue weighted by Crippen LogP contribution is -2.22. The highest BCUT2D eigenvalue weighted by Crippen LogP contribution is 2.28. The van der Waals surface area contributed by atoms with Crippen LogP contribution in [0, 0.1) is 12.7 Å². The summed E-state index contributed by atoms with van der Waals surface area (Å²) in [5.41, 5.74) is 5.40. The third kappa shape index (κ3) is 4.21. The molecule has 0 unspecified atom stereocenters. The van der Waals surface area contributed by atoms with Gasteiger partial charge in [-0.25, -0.2) is 13.9 Å². The second kappa shape index (κ2) is 8.71. The van der Waals surface area contributed by atoms with Gasteiger partial charge in [0.15, 0.2) is 12.3 Å². The molecule has 6 nitrogen and oxygen atoms in total. The lowest BCUT2D eigenvalue weighted by molar-refractivity contribution is -0.119. The van der Waals surface area contributed by atoms with Crippen LogP contribution in [0.4, 0.5) is 10.1 Å². The van der Waals surface area contributed by atoms with Gasteiger partial charge in [-0.05, 0) is 68.0 Å². The Morgan fingerprint density at radius 1 is 1.16 bits per heavy atom. The second-order valence-corrected chi connectivity index (χ2v) is 7.60. The predicted molar refractivity (Wildman–Crippen MR) is 115 cm³/mol. The maximum Gasteiger partial charge on any atom is 0.359 e. The van der Waals surface area contributed by atoms with Crippen LogP contribution in [0.25, 0.3) is 5.69 Å². The molecular formula is C24H24FN3O3. The Kier molecular flexibility index (Phi) is 5.84. The summed E-state index contributed by atoms with van der Waals surface area (Å²) in [6.45, 7) is 3.54. The highest BCUT2D eigenvalue weighted by Gasteiger charge is 2.28. The van der Waals surface area contributed by atoms with E-state index in [9.17, 15) is 14.0 Å². The maximum atomic E-state index is 13.3. The third-order valence-corrected chi connectivity index (χ3v) is 5.53. The number of hydrogen-bond acceptors (Lipinski definition) is 4. The van der Waals surface area contributed by atoms with Crippen molar-refractivity contribution in [1.82, 2.24) is 9.78 Å². The van der Waals surface area contributed by atoms with E-state index in [4.69, 9.17) is 4.74 Å². The number of para-hydroxylation sites is 1. The highest BCUT2D eigenvalue weighted by atomic mass is 19.1. The van der Waals surface area contributed by atoms with Crippen LogP contribution in [0.15, 0.2) is 42.5 Å². The first-order chi connectivity index (χ1) is 15.0. The van der Waals surface area contributed by atoms with E-state index in [1.165, 1.54) is 12.1 Å². The van der Waals surface area contributed by atoms with Crippen LogP contribution in [0.5, 0.6) is 0 Å². The first-order valence-electron chi connectivity index (χ1n) is 10.4. The van der Waals surface area contributed by atoms with Crippen molar-refractivity contribution in [3.8, 4) is 5.69 Å². The number of amides is 1. The van der Waals surface area contributed by atoms with Crippen molar-refractivity contribution in [2.45, 2.75) is 39.5 Å². The van der Waals surface area contributed by atoms with E-state index in [1.807, 2.05) is 32.0 Å². The molecule has 0 radical (unpaired) electrons. The molecule has 1 amide bonds. The summed E-state index contributed by atoms with van der Waals surface area (Å²) in [5, 5.41) is 7.27. The summed E-state index contributed by atoms with van der Waals surface area (Å²) in [4.78, 5) is 25.1. The minimum Gasteiger partial charge on any atom is -0.451 e. The molecule has 0 fully saturated rings. The van der Waals surface area contributed by atoms with Crippen molar-refractivity contribution < 1.29 is 18.7 Å². The normalized spacial score (nSPS) is 12.5. The number of anilines is 1. The Hall–Kier alpha value is -3.48. The fraction of sp³-hybridized carbons (Fsp3) is 0.292. The zero-order valence-corrected chi connectivity index (χ0v) is 17.6. The van der Waals surface area contributed by atoms with Crippen LogP contribution in [0.1, 0.15) is 46.2 Å². The Balaban J connectivity index is 1.48. The number of benzene rings is 2. The molecule has 1 aliphatic carbocycles. The van der Waals surface area contributed by atoms with Crippen LogP contribution in [-0.4, -0.2) is 28.3 Å². The predicted octanol–water partition coefficient (Wildman–Crippen LogP) is 4.17. The van der Waals surface area contributed by atoms with Gasteiger partial charge in [-0.3, -0.25) is 4.79 Å². The summed E-state index contributed by atoms with van der Waals surface area (Å²) in [7, 11) is 0. The monoisotopic (exact) mass is 421 g/mol. The number of fused-ring (bicyclic) bond motifs is 1. The number of carbonyl (C=O) groups is 2. The van der Waals surface area contributed by atoms with Crippen LogP contribution < -0.4 is 5.32 Å². The highest BCUT2D eigenvalue weighted by molar-refractivity contribution is 5.96. The second-order valence-electron chi connectivity index (χ2n) is 7.60. The number of halogens is 1. The van der Waals surface area contributed by atoms with Gasteiger partial charge >= 0.3 is 5.97 Å². The van der Waals surface area contributed by atoms with Crippen molar-refractivity contribution in [1.29, 1.82) is 0 Å². The van der Waals surface area contributed by atoms with E-state index < -0.39 is 18.5 Å². The largest absolute Gasteiger partial charge is 0.451 e. The van der Waals surface area contributed by atoms with Gasteiger partial charge in [0.1, 0.15) is 5.82 Å². The van der Waals surface area contributed by atoms with Crippen molar-refractivity contribution in [3.63, 3.8) is 0 Å². The summed E-state index contributed by atoms with van der Waals surface area (Å²) in [6, 6.07) is 11.8. The molecule has 1 heterocycles. The molecule has 4 rings (SSSR count). The number of rotatable bonds is 6. The molecule has 2 aromatic carbocycles. The van der Waals surface area contributed by atoms with Crippen molar-refractivity contribution in [2.24, 2.45) is 0 Å². The standard InChI is InChI=1S/C24H24FN3O3/c1-3-16-7-4-6-15(2)22(16)26-21(29)14-31-24(30)23-19-8-5-9-20(19)28(27-23)18-12-10-17(25)11-13-18/h4,6-7,10-13H,3,5,8-9,14H2,1-2H3,(H,26,29). The average Bonchev–Trinajstić information content (AvgIpc) is 3.37. The van der Waals surface area contributed by atoms with Crippen molar-refractivity contribution in [2.75, 3.05) is 11.9 Å². The molecule has 0 aliphatic heterocycles.